The molecule has 0 saturated heterocycles. The van der Waals surface area contributed by atoms with Gasteiger partial charge in [-0.2, -0.15) is 0 Å². The summed E-state index contributed by atoms with van der Waals surface area (Å²) in [4.78, 5) is 0. The Kier molecular flexibility index (Phi) is 9.20. The monoisotopic (exact) mass is 362 g/mol. The molecular formula is C21H30O5. The van der Waals surface area contributed by atoms with Crippen molar-refractivity contribution in [2.75, 3.05) is 21.3 Å². The van der Waals surface area contributed by atoms with Crippen molar-refractivity contribution in [1.29, 1.82) is 0 Å². The molecule has 26 heavy (non-hydrogen) atoms. The van der Waals surface area contributed by atoms with E-state index in [9.17, 15) is 10.2 Å². The highest BCUT2D eigenvalue weighted by Gasteiger charge is 2.10. The number of aryl methyl sites for hydroxylation is 2. The van der Waals surface area contributed by atoms with Crippen LogP contribution >= 0.6 is 0 Å². The Morgan fingerprint density at radius 3 is 1.62 bits per heavy atom. The predicted molar refractivity (Wildman–Crippen MR) is 104 cm³/mol. The van der Waals surface area contributed by atoms with Gasteiger partial charge in [0, 0.05) is 0 Å². The molecule has 0 aliphatic carbocycles. The molecule has 0 saturated carbocycles. The highest BCUT2D eigenvalue weighted by Crippen LogP contribution is 2.37. The first-order chi connectivity index (χ1) is 12.5. The maximum Gasteiger partial charge on any atom is 0.200 e. The second-order valence-corrected chi connectivity index (χ2v) is 5.86. The number of phenols is 2. The smallest absolute Gasteiger partial charge is 0.200 e. The maximum absolute atomic E-state index is 9.63. The number of methoxy groups -OCH3 is 3. The second-order valence-electron chi connectivity index (χ2n) is 5.86. The van der Waals surface area contributed by atoms with Gasteiger partial charge in [-0.15, -0.1) is 0 Å². The van der Waals surface area contributed by atoms with E-state index in [4.69, 9.17) is 14.2 Å². The summed E-state index contributed by atoms with van der Waals surface area (Å²) in [7, 11) is 4.62. The van der Waals surface area contributed by atoms with Crippen LogP contribution in [0.3, 0.4) is 0 Å². The highest BCUT2D eigenvalue weighted by atomic mass is 16.5. The minimum absolute atomic E-state index is 0.0647. The van der Waals surface area contributed by atoms with Crippen LogP contribution in [-0.2, 0) is 12.8 Å². The highest BCUT2D eigenvalue weighted by molar-refractivity contribution is 5.52. The fourth-order valence-electron chi connectivity index (χ4n) is 2.55. The topological polar surface area (TPSA) is 68.2 Å². The first-order valence-corrected chi connectivity index (χ1v) is 8.80. The Labute approximate surface area is 156 Å². The Morgan fingerprint density at radius 2 is 1.15 bits per heavy atom. The third kappa shape index (κ3) is 6.06. The molecule has 144 valence electrons. The third-order valence-electron chi connectivity index (χ3n) is 3.86. The van der Waals surface area contributed by atoms with Gasteiger partial charge in [-0.05, 0) is 48.2 Å². The second kappa shape index (κ2) is 11.1. The zero-order chi connectivity index (χ0) is 19.5. The fraction of sp³-hybridized carbons (Fsp3) is 0.429. The van der Waals surface area contributed by atoms with Gasteiger partial charge in [0.2, 0.25) is 5.75 Å². The van der Waals surface area contributed by atoms with Gasteiger partial charge in [0.05, 0.1) is 21.3 Å². The number of hydrogen-bond donors (Lipinski definition) is 2. The van der Waals surface area contributed by atoms with E-state index in [2.05, 4.69) is 13.8 Å². The molecule has 2 rings (SSSR count). The van der Waals surface area contributed by atoms with Crippen LogP contribution in [0.25, 0.3) is 0 Å². The Bertz CT molecular complexity index is 657. The molecule has 0 unspecified atom stereocenters. The van der Waals surface area contributed by atoms with E-state index in [1.54, 1.807) is 13.2 Å². The maximum atomic E-state index is 9.63. The van der Waals surface area contributed by atoms with E-state index >= 15 is 0 Å². The summed E-state index contributed by atoms with van der Waals surface area (Å²) in [6.45, 7) is 4.23. The van der Waals surface area contributed by atoms with Gasteiger partial charge in [0.1, 0.15) is 0 Å². The van der Waals surface area contributed by atoms with Crippen molar-refractivity contribution in [2.45, 2.75) is 39.5 Å². The Balaban J connectivity index is 0.000000263. The zero-order valence-corrected chi connectivity index (χ0v) is 16.3. The number of ether oxygens (including phenoxy) is 3. The molecule has 2 aromatic rings. The summed E-state index contributed by atoms with van der Waals surface area (Å²) < 4.78 is 15.1. The van der Waals surface area contributed by atoms with Crippen molar-refractivity contribution >= 4 is 0 Å². The van der Waals surface area contributed by atoms with Crippen LogP contribution in [0, 0.1) is 0 Å². The summed E-state index contributed by atoms with van der Waals surface area (Å²) >= 11 is 0. The summed E-state index contributed by atoms with van der Waals surface area (Å²) in [6, 6.07) is 9.13. The molecule has 0 atom stereocenters. The number of phenolic OH excluding ortho intramolecular Hbond substituents is 2. The molecule has 0 heterocycles. The lowest BCUT2D eigenvalue weighted by molar-refractivity contribution is 0.339. The average Bonchev–Trinajstić information content (AvgIpc) is 2.65. The van der Waals surface area contributed by atoms with Crippen LogP contribution in [-0.4, -0.2) is 31.5 Å². The van der Waals surface area contributed by atoms with Crippen LogP contribution in [0.4, 0.5) is 0 Å². The molecule has 5 heteroatoms. The number of rotatable bonds is 7. The average molecular weight is 362 g/mol. The van der Waals surface area contributed by atoms with Crippen molar-refractivity contribution in [2.24, 2.45) is 0 Å². The minimum Gasteiger partial charge on any atom is -0.504 e. The van der Waals surface area contributed by atoms with E-state index in [0.717, 1.165) is 31.2 Å². The number of hydrogen-bond acceptors (Lipinski definition) is 5. The molecule has 0 bridgehead atoms. The van der Waals surface area contributed by atoms with Gasteiger partial charge in [-0.1, -0.05) is 32.8 Å². The molecule has 2 aromatic carbocycles. The molecule has 0 amide bonds. The molecule has 0 aliphatic heterocycles. The van der Waals surface area contributed by atoms with Crippen molar-refractivity contribution in [3.05, 3.63) is 41.5 Å². The van der Waals surface area contributed by atoms with E-state index in [0.29, 0.717) is 17.2 Å². The predicted octanol–water partition coefficient (Wildman–Crippen LogP) is 4.72. The SMILES string of the molecule is CCCc1cc(OC)c(O)c(OC)c1.CCCc1ccc(O)c(OC)c1. The van der Waals surface area contributed by atoms with Gasteiger partial charge in [-0.25, -0.2) is 0 Å². The molecule has 0 aromatic heterocycles. The van der Waals surface area contributed by atoms with Crippen molar-refractivity contribution < 1.29 is 24.4 Å². The molecular weight excluding hydrogens is 332 g/mol. The van der Waals surface area contributed by atoms with Gasteiger partial charge >= 0.3 is 0 Å². The van der Waals surface area contributed by atoms with Gasteiger partial charge in [-0.3, -0.25) is 0 Å². The zero-order valence-electron chi connectivity index (χ0n) is 16.3. The van der Waals surface area contributed by atoms with Crippen LogP contribution < -0.4 is 14.2 Å². The first-order valence-electron chi connectivity index (χ1n) is 8.80. The quantitative estimate of drug-likeness (QED) is 0.746. The normalized spacial score (nSPS) is 9.88. The van der Waals surface area contributed by atoms with Gasteiger partial charge in [0.25, 0.3) is 0 Å². The van der Waals surface area contributed by atoms with Crippen LogP contribution in [0.15, 0.2) is 30.3 Å². The lowest BCUT2D eigenvalue weighted by atomic mass is 10.1. The fourth-order valence-corrected chi connectivity index (χ4v) is 2.55. The standard InChI is InChI=1S/C11H16O3.C10H14O2/c1-4-5-8-6-9(13-2)11(12)10(7-8)14-3;1-3-4-8-5-6-9(11)10(7-8)12-2/h6-7,12H,4-5H2,1-3H3;5-7,11H,3-4H2,1-2H3. The molecule has 5 nitrogen and oxygen atoms in total. The van der Waals surface area contributed by atoms with E-state index in [-0.39, 0.29) is 11.5 Å². The molecule has 0 aliphatic rings. The van der Waals surface area contributed by atoms with Crippen LogP contribution in [0.5, 0.6) is 28.7 Å². The third-order valence-corrected chi connectivity index (χ3v) is 3.86. The lowest BCUT2D eigenvalue weighted by Gasteiger charge is -2.10. The minimum atomic E-state index is 0.0647. The van der Waals surface area contributed by atoms with Gasteiger partial charge in [0.15, 0.2) is 23.0 Å². The van der Waals surface area contributed by atoms with E-state index < -0.39 is 0 Å². The Hall–Kier alpha value is -2.56. The molecule has 0 radical (unpaired) electrons. The first kappa shape index (κ1) is 21.5. The van der Waals surface area contributed by atoms with E-state index in [1.165, 1.54) is 19.8 Å². The number of aromatic hydroxyl groups is 2. The summed E-state index contributed by atoms with van der Waals surface area (Å²) in [5.74, 6) is 1.76. The summed E-state index contributed by atoms with van der Waals surface area (Å²) in [6.07, 6.45) is 4.13. The van der Waals surface area contributed by atoms with Crippen LogP contribution in [0.2, 0.25) is 0 Å². The van der Waals surface area contributed by atoms with Gasteiger partial charge < -0.3 is 24.4 Å². The summed E-state index contributed by atoms with van der Waals surface area (Å²) in [5, 5.41) is 18.9. The Morgan fingerprint density at radius 1 is 0.692 bits per heavy atom. The molecule has 0 spiro atoms. The summed E-state index contributed by atoms with van der Waals surface area (Å²) in [5.41, 5.74) is 2.31. The number of benzene rings is 2. The molecule has 0 fully saturated rings. The van der Waals surface area contributed by atoms with E-state index in [1.807, 2.05) is 24.3 Å². The molecule has 2 N–H and O–H groups in total. The van der Waals surface area contributed by atoms with Crippen molar-refractivity contribution in [1.82, 2.24) is 0 Å². The van der Waals surface area contributed by atoms with Crippen LogP contribution in [0.1, 0.15) is 37.8 Å². The van der Waals surface area contributed by atoms with Crippen molar-refractivity contribution in [3.8, 4) is 28.7 Å². The van der Waals surface area contributed by atoms with Crippen molar-refractivity contribution in [3.63, 3.8) is 0 Å². The largest absolute Gasteiger partial charge is 0.504 e. The lowest BCUT2D eigenvalue weighted by Crippen LogP contribution is -1.92.